The second-order valence-electron chi connectivity index (χ2n) is 27.8. The van der Waals surface area contributed by atoms with Crippen LogP contribution in [0.3, 0.4) is 0 Å². The Hall–Kier alpha value is -13.0. The first-order chi connectivity index (χ1) is 52.7. The highest BCUT2D eigenvalue weighted by atomic mass is 79.9. The molecule has 0 fully saturated rings. The van der Waals surface area contributed by atoms with E-state index in [4.69, 9.17) is 0 Å². The van der Waals surface area contributed by atoms with Gasteiger partial charge in [-0.2, -0.15) is 26.3 Å². The molecule has 3 N–H and O–H groups in total. The molecular weight excluding hydrogens is 1490 g/mol. The molecule has 8 heterocycles. The van der Waals surface area contributed by atoms with Gasteiger partial charge in [0.2, 0.25) is 29.6 Å². The summed E-state index contributed by atoms with van der Waals surface area (Å²) in [5.74, 6) is -1.73. The van der Waals surface area contributed by atoms with E-state index in [1.165, 1.54) is 71.1 Å². The predicted molar refractivity (Wildman–Crippen MR) is 413 cm³/mol. The van der Waals surface area contributed by atoms with Gasteiger partial charge in [0.05, 0.1) is 73.0 Å². The molecule has 6 amide bonds. The third kappa shape index (κ3) is 14.8. The first-order valence-electron chi connectivity index (χ1n) is 34.6. The van der Waals surface area contributed by atoms with Crippen molar-refractivity contribution in [2.75, 3.05) is 30.7 Å². The number of hydrogen-bond donors (Lipinski definition) is 3. The minimum absolute atomic E-state index is 0.0853. The Kier molecular flexibility index (Phi) is 20.5. The SMILES string of the molecule is CC1(C)C(=O)N(c2ncccn2)c2cccc(-c3ccc(C(F)(F)F)c(C(=O)Nc4ccccn4)c3)c21.Cc1ccc(NC(=O)c2cc(-c3cccc4c3C(C)(C)C(=O)N4c3cnccn3)cnc2C)cc1.Cc1ccc(NC(=O)c2cc(-c3cccc4c3C(C)(C)C(=O)N4c3ncccn3)ccc2C(F)(F)F)cc1Br. The van der Waals surface area contributed by atoms with E-state index in [2.05, 4.69) is 71.8 Å². The number of anilines is 9. The fraction of sp³-hybridized carbons (Fsp3) is 0.167. The van der Waals surface area contributed by atoms with Gasteiger partial charge in [-0.25, -0.2) is 39.7 Å². The van der Waals surface area contributed by atoms with Crippen molar-refractivity contribution in [2.45, 2.75) is 90.9 Å². The van der Waals surface area contributed by atoms with Gasteiger partial charge in [-0.3, -0.25) is 43.6 Å². The summed E-state index contributed by atoms with van der Waals surface area (Å²) in [5, 5.41) is 7.95. The van der Waals surface area contributed by atoms with Crippen molar-refractivity contribution < 1.29 is 55.1 Å². The van der Waals surface area contributed by atoms with E-state index in [9.17, 15) is 55.1 Å². The van der Waals surface area contributed by atoms with Crippen LogP contribution in [-0.2, 0) is 43.0 Å². The molecule has 0 bridgehead atoms. The van der Waals surface area contributed by atoms with Gasteiger partial charge in [-0.05, 0) is 209 Å². The molecule has 0 saturated carbocycles. The fourth-order valence-electron chi connectivity index (χ4n) is 13.7. The minimum atomic E-state index is -4.76. The van der Waals surface area contributed by atoms with Crippen LogP contribution in [0.2, 0.25) is 0 Å². The van der Waals surface area contributed by atoms with Crippen LogP contribution in [0.4, 0.5) is 78.3 Å². The monoisotopic (exact) mass is 1560 g/mol. The molecule has 20 nitrogen and oxygen atoms in total. The summed E-state index contributed by atoms with van der Waals surface area (Å²) in [6, 6.07) is 45.4. The van der Waals surface area contributed by atoms with Crippen molar-refractivity contribution in [3.63, 3.8) is 0 Å². The van der Waals surface area contributed by atoms with Crippen molar-refractivity contribution in [1.82, 2.24) is 39.9 Å². The normalized spacial score (nSPS) is 14.3. The molecule has 5 aromatic heterocycles. The smallest absolute Gasteiger partial charge is 0.322 e. The summed E-state index contributed by atoms with van der Waals surface area (Å²) in [4.78, 5) is 118. The zero-order valence-corrected chi connectivity index (χ0v) is 62.5. The molecule has 111 heavy (non-hydrogen) atoms. The van der Waals surface area contributed by atoms with Crippen molar-refractivity contribution in [3.05, 3.63) is 291 Å². The maximum atomic E-state index is 14.0. The molecule has 15 rings (SSSR count). The Morgan fingerprint density at radius 2 is 0.847 bits per heavy atom. The minimum Gasteiger partial charge on any atom is -0.322 e. The highest BCUT2D eigenvalue weighted by molar-refractivity contribution is 9.10. The van der Waals surface area contributed by atoms with Crippen molar-refractivity contribution in [1.29, 1.82) is 0 Å². The van der Waals surface area contributed by atoms with E-state index < -0.39 is 62.7 Å². The van der Waals surface area contributed by atoms with Gasteiger partial charge in [-0.15, -0.1) is 0 Å². The van der Waals surface area contributed by atoms with E-state index in [0.717, 1.165) is 51.3 Å². The molecule has 0 atom stereocenters. The predicted octanol–water partition coefficient (Wildman–Crippen LogP) is 18.6. The van der Waals surface area contributed by atoms with Crippen LogP contribution in [0.15, 0.2) is 230 Å². The summed E-state index contributed by atoms with van der Waals surface area (Å²) in [6.07, 6.45) is 4.48. The largest absolute Gasteiger partial charge is 0.417 e. The van der Waals surface area contributed by atoms with Crippen molar-refractivity contribution in [2.24, 2.45) is 0 Å². The number of halogens is 7. The number of aryl methyl sites for hydroxylation is 3. The Morgan fingerprint density at radius 1 is 0.405 bits per heavy atom. The number of fused-ring (bicyclic) bond motifs is 3. The average Bonchev–Trinajstić information content (AvgIpc) is 1.59. The van der Waals surface area contributed by atoms with Gasteiger partial charge >= 0.3 is 12.4 Å². The molecule has 7 aromatic carbocycles. The summed E-state index contributed by atoms with van der Waals surface area (Å²) in [7, 11) is 0. The van der Waals surface area contributed by atoms with E-state index in [1.54, 1.807) is 136 Å². The van der Waals surface area contributed by atoms with Gasteiger partial charge in [0.1, 0.15) is 5.82 Å². The molecule has 0 saturated heterocycles. The van der Waals surface area contributed by atoms with Gasteiger partial charge in [0.25, 0.3) is 17.7 Å². The molecular formula is C84H67BrF6N14O6. The quantitative estimate of drug-likeness (QED) is 0.0963. The third-order valence-electron chi connectivity index (χ3n) is 19.3. The Labute approximate surface area is 641 Å². The maximum absolute atomic E-state index is 14.0. The first-order valence-corrected chi connectivity index (χ1v) is 35.4. The number of amides is 6. The number of hydrogen-bond acceptors (Lipinski definition) is 14. The number of rotatable bonds is 12. The zero-order chi connectivity index (χ0) is 79.2. The van der Waals surface area contributed by atoms with E-state index >= 15 is 0 Å². The molecule has 12 aromatic rings. The average molecular weight is 1560 g/mol. The molecule has 3 aliphatic rings. The third-order valence-corrected chi connectivity index (χ3v) is 20.1. The summed E-state index contributed by atoms with van der Waals surface area (Å²) in [5.41, 5.74) is 5.39. The number of alkyl halides is 6. The number of nitrogens with zero attached hydrogens (tertiary/aromatic N) is 11. The molecule has 0 unspecified atom stereocenters. The van der Waals surface area contributed by atoms with Crippen LogP contribution in [0.1, 0.15) is 117 Å². The van der Waals surface area contributed by atoms with Crippen LogP contribution in [0, 0.1) is 20.8 Å². The fourth-order valence-corrected chi connectivity index (χ4v) is 14.1. The number of nitrogens with one attached hydrogen (secondary N) is 3. The lowest BCUT2D eigenvalue weighted by molar-refractivity contribution is -0.138. The summed E-state index contributed by atoms with van der Waals surface area (Å²) in [6.45, 7) is 16.4. The highest BCUT2D eigenvalue weighted by Crippen LogP contribution is 2.53. The summed E-state index contributed by atoms with van der Waals surface area (Å²) >= 11 is 3.37. The zero-order valence-electron chi connectivity index (χ0n) is 60.9. The van der Waals surface area contributed by atoms with E-state index in [-0.39, 0.29) is 41.3 Å². The van der Waals surface area contributed by atoms with E-state index in [1.807, 2.05) is 83.1 Å². The number of carbonyl (C=O) groups is 6. The standard InChI is InChI=1S/C29H22BrF3N4O2.C28H25N5O2.C27H20F3N5O2/c1-16-8-10-18(15-22(16)30)36-25(38)20-14-17(9-11-21(20)29(31,32)33)19-6-4-7-23-24(19)28(2,3)26(39)37(23)27-34-12-5-13-35-27;1-17-8-10-20(11-9-17)32-26(34)22-14-19(15-31-18(22)2)21-6-5-7-23-25(21)28(3,4)27(35)33(23)24-16-29-12-13-30-24;1-26(2)22-17(7-5-8-20(22)35(24(26)37)25-32-13-6-14-33-25)16-10-11-19(27(28,29)30)18(15-16)23(36)34-21-9-3-4-12-31-21/h4-15H,1-3H3,(H,36,38);5-16H,1-4H3,(H,32,34);3-15H,1-2H3,(H,31,34,36). The lowest BCUT2D eigenvalue weighted by Gasteiger charge is -2.21. The number of carbonyl (C=O) groups excluding carboxylic acids is 6. The molecule has 0 aliphatic carbocycles. The molecule has 27 heteroatoms. The highest BCUT2D eigenvalue weighted by Gasteiger charge is 2.50. The maximum Gasteiger partial charge on any atom is 0.417 e. The van der Waals surface area contributed by atoms with Crippen molar-refractivity contribution in [3.8, 4) is 33.4 Å². The van der Waals surface area contributed by atoms with Gasteiger partial charge in [0.15, 0.2) is 5.82 Å². The van der Waals surface area contributed by atoms with Gasteiger partial charge in [0, 0.05) is 71.0 Å². The lowest BCUT2D eigenvalue weighted by Crippen LogP contribution is -2.34. The van der Waals surface area contributed by atoms with Gasteiger partial charge < -0.3 is 16.0 Å². The Balaban J connectivity index is 0.000000146. The summed E-state index contributed by atoms with van der Waals surface area (Å²) < 4.78 is 84.2. The Morgan fingerprint density at radius 3 is 1.32 bits per heavy atom. The molecule has 0 spiro atoms. The van der Waals surface area contributed by atoms with Crippen LogP contribution in [0.5, 0.6) is 0 Å². The molecule has 3 aliphatic heterocycles. The number of pyridine rings is 2. The van der Waals surface area contributed by atoms with Crippen LogP contribution < -0.4 is 30.7 Å². The van der Waals surface area contributed by atoms with Crippen molar-refractivity contribution >= 4 is 103 Å². The van der Waals surface area contributed by atoms with Crippen LogP contribution in [0.25, 0.3) is 33.4 Å². The lowest BCUT2D eigenvalue weighted by atomic mass is 9.81. The molecule has 0 radical (unpaired) electrons. The number of aromatic nitrogens is 8. The second-order valence-corrected chi connectivity index (χ2v) is 28.7. The number of benzene rings is 7. The molecule has 558 valence electrons. The van der Waals surface area contributed by atoms with Gasteiger partial charge in [-0.1, -0.05) is 94.3 Å². The Bertz CT molecular complexity index is 5680. The topological polar surface area (TPSA) is 251 Å². The second kappa shape index (κ2) is 29.8. The first kappa shape index (κ1) is 76.2. The van der Waals surface area contributed by atoms with Crippen LogP contribution in [-0.4, -0.2) is 75.3 Å². The van der Waals surface area contributed by atoms with E-state index in [0.29, 0.717) is 72.0 Å². The van der Waals surface area contributed by atoms with Crippen LogP contribution >= 0.6 is 15.9 Å².